The first-order valence-corrected chi connectivity index (χ1v) is 11.2. The summed E-state index contributed by atoms with van der Waals surface area (Å²) in [5, 5.41) is 0.416. The van der Waals surface area contributed by atoms with E-state index in [0.717, 1.165) is 18.4 Å². The van der Waals surface area contributed by atoms with Gasteiger partial charge in [-0.3, -0.25) is 4.40 Å². The Balaban J connectivity index is 1.53. The van der Waals surface area contributed by atoms with E-state index in [0.29, 0.717) is 47.8 Å². The van der Waals surface area contributed by atoms with Gasteiger partial charge in [-0.05, 0) is 33.6 Å². The maximum absolute atomic E-state index is 12.5. The summed E-state index contributed by atoms with van der Waals surface area (Å²) in [4.78, 5) is 26.7. The average molecular weight is 468 g/mol. The van der Waals surface area contributed by atoms with Crippen molar-refractivity contribution < 1.29 is 14.3 Å². The lowest BCUT2D eigenvalue weighted by atomic mass is 9.99. The van der Waals surface area contributed by atoms with E-state index in [2.05, 4.69) is 14.8 Å². The third kappa shape index (κ3) is 5.20. The molecule has 33 heavy (non-hydrogen) atoms. The molecule has 0 bridgehead atoms. The van der Waals surface area contributed by atoms with Crippen molar-refractivity contribution in [3.8, 4) is 17.1 Å². The van der Waals surface area contributed by atoms with E-state index in [9.17, 15) is 4.79 Å². The van der Waals surface area contributed by atoms with Crippen LogP contribution in [-0.2, 0) is 4.74 Å². The van der Waals surface area contributed by atoms with Crippen LogP contribution in [0.2, 0.25) is 5.15 Å². The highest BCUT2D eigenvalue weighted by atomic mass is 35.5. The van der Waals surface area contributed by atoms with Gasteiger partial charge in [-0.2, -0.15) is 0 Å². The number of halogens is 1. The quantitative estimate of drug-likeness (QED) is 0.465. The standard InChI is InChI=1S/C24H26ClN5O3/c1-24(2,3)33-23(31)29-12-5-6-16(14-29)15-32-22-21-27-11-13-30(21)20(25)19(28-22)17-7-9-18(26-4)10-8-17/h7-11,13,16H,5-6,12,14-15H2,1-3H3/t16-/m1/s1. The lowest BCUT2D eigenvalue weighted by Gasteiger charge is -2.33. The number of rotatable bonds is 4. The van der Waals surface area contributed by atoms with Gasteiger partial charge in [-0.25, -0.2) is 19.6 Å². The Morgan fingerprint density at radius 2 is 2.06 bits per heavy atom. The van der Waals surface area contributed by atoms with Crippen LogP contribution >= 0.6 is 11.6 Å². The van der Waals surface area contributed by atoms with Gasteiger partial charge in [0.05, 0.1) is 13.2 Å². The van der Waals surface area contributed by atoms with E-state index in [1.807, 2.05) is 32.9 Å². The number of imidazole rings is 1. The number of carbonyl (C=O) groups is 1. The van der Waals surface area contributed by atoms with Crippen LogP contribution in [0.5, 0.6) is 5.88 Å². The molecule has 1 aliphatic heterocycles. The molecule has 9 heteroatoms. The number of carbonyl (C=O) groups excluding carboxylic acids is 1. The number of likely N-dealkylation sites (tertiary alicyclic amines) is 1. The summed E-state index contributed by atoms with van der Waals surface area (Å²) in [6.45, 7) is 14.4. The number of piperidine rings is 1. The fourth-order valence-electron chi connectivity index (χ4n) is 3.80. The second-order valence-corrected chi connectivity index (χ2v) is 9.44. The zero-order valence-corrected chi connectivity index (χ0v) is 19.7. The van der Waals surface area contributed by atoms with Gasteiger partial charge in [0.1, 0.15) is 16.4 Å². The molecule has 3 heterocycles. The number of hydrogen-bond donors (Lipinski definition) is 0. The highest BCUT2D eigenvalue weighted by Gasteiger charge is 2.28. The first-order chi connectivity index (χ1) is 15.7. The first-order valence-electron chi connectivity index (χ1n) is 10.9. The Hall–Kier alpha value is -3.31. The smallest absolute Gasteiger partial charge is 0.410 e. The molecule has 172 valence electrons. The number of nitrogens with zero attached hydrogens (tertiary/aromatic N) is 5. The number of benzene rings is 1. The maximum atomic E-state index is 12.5. The SMILES string of the molecule is [C-]#[N+]c1ccc(-c2nc(OC[C@@H]3CCCN(C(=O)OC(C)(C)C)C3)c3nccn3c2Cl)cc1. The topological polar surface area (TPSA) is 73.3 Å². The van der Waals surface area contributed by atoms with Crippen molar-refractivity contribution in [2.75, 3.05) is 19.7 Å². The molecular formula is C24H26ClN5O3. The molecule has 0 radical (unpaired) electrons. The number of aromatic nitrogens is 3. The van der Waals surface area contributed by atoms with Crippen LogP contribution in [0, 0.1) is 12.5 Å². The van der Waals surface area contributed by atoms with Gasteiger partial charge in [-0.1, -0.05) is 35.9 Å². The van der Waals surface area contributed by atoms with Gasteiger partial charge in [0.2, 0.25) is 5.65 Å². The lowest BCUT2D eigenvalue weighted by Crippen LogP contribution is -2.44. The third-order valence-corrected chi connectivity index (χ3v) is 5.71. The lowest BCUT2D eigenvalue weighted by molar-refractivity contribution is 0.0138. The normalized spacial score (nSPS) is 16.5. The van der Waals surface area contributed by atoms with Crippen LogP contribution in [0.15, 0.2) is 36.7 Å². The van der Waals surface area contributed by atoms with Crippen LogP contribution in [0.1, 0.15) is 33.6 Å². The fourth-order valence-corrected chi connectivity index (χ4v) is 4.08. The second-order valence-electron chi connectivity index (χ2n) is 9.08. The Morgan fingerprint density at radius 3 is 2.76 bits per heavy atom. The molecule has 2 aromatic heterocycles. The predicted octanol–water partition coefficient (Wildman–Crippen LogP) is 5.63. The zero-order chi connectivity index (χ0) is 23.6. The van der Waals surface area contributed by atoms with E-state index in [1.54, 1.807) is 33.8 Å². The molecule has 0 spiro atoms. The summed E-state index contributed by atoms with van der Waals surface area (Å²) in [6, 6.07) is 7.08. The third-order valence-electron chi connectivity index (χ3n) is 5.35. The van der Waals surface area contributed by atoms with Crippen molar-refractivity contribution in [3.05, 3.63) is 53.2 Å². The van der Waals surface area contributed by atoms with Crippen LogP contribution in [-0.4, -0.2) is 50.7 Å². The van der Waals surface area contributed by atoms with Gasteiger partial charge in [0, 0.05) is 37.0 Å². The number of amides is 1. The molecule has 1 aliphatic rings. The van der Waals surface area contributed by atoms with Gasteiger partial charge < -0.3 is 14.4 Å². The molecule has 0 unspecified atom stereocenters. The molecular weight excluding hydrogens is 442 g/mol. The molecule has 0 aliphatic carbocycles. The summed E-state index contributed by atoms with van der Waals surface area (Å²) in [5.41, 5.74) is 1.88. The summed E-state index contributed by atoms with van der Waals surface area (Å²) in [7, 11) is 0. The Bertz CT molecular complexity index is 1190. The molecule has 1 atom stereocenters. The fraction of sp³-hybridized carbons (Fsp3) is 0.417. The summed E-state index contributed by atoms with van der Waals surface area (Å²) in [5.74, 6) is 0.531. The van der Waals surface area contributed by atoms with E-state index >= 15 is 0 Å². The molecule has 8 nitrogen and oxygen atoms in total. The van der Waals surface area contributed by atoms with Gasteiger partial charge >= 0.3 is 6.09 Å². The van der Waals surface area contributed by atoms with Crippen molar-refractivity contribution in [3.63, 3.8) is 0 Å². The Morgan fingerprint density at radius 1 is 1.30 bits per heavy atom. The van der Waals surface area contributed by atoms with Crippen LogP contribution in [0.25, 0.3) is 21.7 Å². The average Bonchev–Trinajstić information content (AvgIpc) is 3.29. The van der Waals surface area contributed by atoms with Gasteiger partial charge in [-0.15, -0.1) is 0 Å². The summed E-state index contributed by atoms with van der Waals surface area (Å²) < 4.78 is 13.4. The van der Waals surface area contributed by atoms with Crippen LogP contribution < -0.4 is 4.74 Å². The van der Waals surface area contributed by atoms with Gasteiger partial charge in [0.15, 0.2) is 5.69 Å². The minimum Gasteiger partial charge on any atom is -0.475 e. The highest BCUT2D eigenvalue weighted by Crippen LogP contribution is 2.32. The highest BCUT2D eigenvalue weighted by molar-refractivity contribution is 6.32. The molecule has 1 fully saturated rings. The first kappa shape index (κ1) is 22.9. The number of hydrogen-bond acceptors (Lipinski definition) is 5. The monoisotopic (exact) mass is 467 g/mol. The second kappa shape index (κ2) is 9.28. The summed E-state index contributed by atoms with van der Waals surface area (Å²) >= 11 is 6.61. The van der Waals surface area contributed by atoms with E-state index < -0.39 is 5.60 Å². The van der Waals surface area contributed by atoms with Crippen molar-refractivity contribution in [2.45, 2.75) is 39.2 Å². The molecule has 0 N–H and O–H groups in total. The molecule has 1 aromatic carbocycles. The molecule has 3 aromatic rings. The predicted molar refractivity (Wildman–Crippen MR) is 126 cm³/mol. The zero-order valence-electron chi connectivity index (χ0n) is 18.9. The minimum atomic E-state index is -0.524. The Labute approximate surface area is 197 Å². The van der Waals surface area contributed by atoms with Crippen LogP contribution in [0.3, 0.4) is 0 Å². The van der Waals surface area contributed by atoms with Crippen molar-refractivity contribution >= 4 is 29.0 Å². The maximum Gasteiger partial charge on any atom is 0.410 e. The Kier molecular flexibility index (Phi) is 6.43. The van der Waals surface area contributed by atoms with Crippen LogP contribution in [0.4, 0.5) is 10.5 Å². The minimum absolute atomic E-state index is 0.153. The number of fused-ring (bicyclic) bond motifs is 1. The van der Waals surface area contributed by atoms with Crippen molar-refractivity contribution in [1.82, 2.24) is 19.3 Å². The molecule has 0 saturated carbocycles. The summed E-state index contributed by atoms with van der Waals surface area (Å²) in [6.07, 6.45) is 4.94. The van der Waals surface area contributed by atoms with E-state index in [4.69, 9.17) is 27.6 Å². The molecule has 4 rings (SSSR count). The largest absolute Gasteiger partial charge is 0.475 e. The van der Waals surface area contributed by atoms with Crippen molar-refractivity contribution in [2.24, 2.45) is 5.92 Å². The molecule has 1 amide bonds. The molecule has 1 saturated heterocycles. The van der Waals surface area contributed by atoms with E-state index in [-0.39, 0.29) is 12.0 Å². The van der Waals surface area contributed by atoms with E-state index in [1.165, 1.54) is 0 Å². The van der Waals surface area contributed by atoms with Gasteiger partial charge in [0.25, 0.3) is 5.88 Å². The van der Waals surface area contributed by atoms with Crippen molar-refractivity contribution in [1.29, 1.82) is 0 Å². The number of ether oxygens (including phenoxy) is 2.